The third-order valence-corrected chi connectivity index (χ3v) is 3.01. The van der Waals surface area contributed by atoms with Crippen LogP contribution >= 0.6 is 0 Å². The predicted octanol–water partition coefficient (Wildman–Crippen LogP) is 3.52. The van der Waals surface area contributed by atoms with Crippen LogP contribution in [-0.2, 0) is 6.42 Å². The molecule has 0 N–H and O–H groups in total. The van der Waals surface area contributed by atoms with Gasteiger partial charge in [0, 0.05) is 6.42 Å². The molecule has 0 bridgehead atoms. The average molecular weight is 254 g/mol. The molecule has 2 nitrogen and oxygen atoms in total. The summed E-state index contributed by atoms with van der Waals surface area (Å²) in [6.07, 6.45) is 0.473. The second-order valence-corrected chi connectivity index (χ2v) is 4.39. The smallest absolute Gasteiger partial charge is 0.343 e. The molecule has 1 heterocycles. The van der Waals surface area contributed by atoms with Crippen molar-refractivity contribution in [3.8, 4) is 0 Å². The Hall–Kier alpha value is -2.42. The minimum atomic E-state index is -0.338. The van der Waals surface area contributed by atoms with Gasteiger partial charge in [-0.3, -0.25) is 0 Å². The van der Waals surface area contributed by atoms with Crippen molar-refractivity contribution in [1.82, 2.24) is 0 Å². The van der Waals surface area contributed by atoms with Gasteiger partial charge in [0.15, 0.2) is 0 Å². The Bertz CT molecular complexity index is 773. The molecule has 3 rings (SSSR count). The predicted molar refractivity (Wildman–Crippen MR) is 71.7 cm³/mol. The number of rotatable bonds is 2. The van der Waals surface area contributed by atoms with Crippen molar-refractivity contribution >= 4 is 10.8 Å². The fourth-order valence-electron chi connectivity index (χ4n) is 2.08. The molecule has 3 aromatic rings. The van der Waals surface area contributed by atoms with Crippen LogP contribution in [0.2, 0.25) is 0 Å². The molecule has 0 radical (unpaired) electrons. The standard InChI is InChI=1S/C16H11FO2/c17-13-7-5-11(6-8-13)9-14-10-12-3-1-2-4-15(12)16(18)19-14/h1-8,10H,9H2. The third-order valence-electron chi connectivity index (χ3n) is 3.01. The molecule has 0 amide bonds. The number of halogens is 1. The zero-order chi connectivity index (χ0) is 13.2. The molecule has 0 saturated carbocycles. The largest absolute Gasteiger partial charge is 0.427 e. The van der Waals surface area contributed by atoms with E-state index >= 15 is 0 Å². The Kier molecular flexibility index (Phi) is 2.88. The minimum absolute atomic E-state index is 0.274. The van der Waals surface area contributed by atoms with Gasteiger partial charge in [0.25, 0.3) is 0 Å². The quantitative estimate of drug-likeness (QED) is 0.700. The Balaban J connectivity index is 2.01. The van der Waals surface area contributed by atoms with Crippen LogP contribution in [0.3, 0.4) is 0 Å². The molecule has 0 saturated heterocycles. The highest BCUT2D eigenvalue weighted by Gasteiger charge is 2.05. The monoisotopic (exact) mass is 254 g/mol. The molecule has 0 aliphatic heterocycles. The van der Waals surface area contributed by atoms with Gasteiger partial charge in [0.1, 0.15) is 11.6 Å². The molecule has 94 valence electrons. The van der Waals surface area contributed by atoms with Crippen LogP contribution in [0.1, 0.15) is 11.3 Å². The summed E-state index contributed by atoms with van der Waals surface area (Å²) in [7, 11) is 0. The normalized spacial score (nSPS) is 10.8. The van der Waals surface area contributed by atoms with Crippen molar-refractivity contribution in [1.29, 1.82) is 0 Å². The lowest BCUT2D eigenvalue weighted by Crippen LogP contribution is -2.02. The molecule has 0 unspecified atom stereocenters. The third kappa shape index (κ3) is 2.40. The minimum Gasteiger partial charge on any atom is -0.427 e. The highest BCUT2D eigenvalue weighted by Crippen LogP contribution is 2.15. The summed E-state index contributed by atoms with van der Waals surface area (Å²) in [5.74, 6) is 0.305. The lowest BCUT2D eigenvalue weighted by molar-refractivity contribution is 0.476. The molecule has 0 spiro atoms. The first kappa shape index (κ1) is 11.7. The van der Waals surface area contributed by atoms with E-state index in [1.807, 2.05) is 18.2 Å². The Labute approximate surface area is 109 Å². The summed E-state index contributed by atoms with van der Waals surface area (Å²) in [4.78, 5) is 11.8. The van der Waals surface area contributed by atoms with E-state index in [1.165, 1.54) is 12.1 Å². The summed E-state index contributed by atoms with van der Waals surface area (Å²) < 4.78 is 18.1. The molecule has 3 heteroatoms. The lowest BCUT2D eigenvalue weighted by Gasteiger charge is -2.02. The van der Waals surface area contributed by atoms with Crippen LogP contribution in [0.4, 0.5) is 4.39 Å². The summed E-state index contributed by atoms with van der Waals surface area (Å²) in [6.45, 7) is 0. The van der Waals surface area contributed by atoms with Crippen LogP contribution in [0.5, 0.6) is 0 Å². The molecule has 0 aliphatic rings. The van der Waals surface area contributed by atoms with Crippen molar-refractivity contribution in [3.63, 3.8) is 0 Å². The van der Waals surface area contributed by atoms with Crippen LogP contribution in [0.15, 0.2) is 63.8 Å². The SMILES string of the molecule is O=c1oc(Cc2ccc(F)cc2)cc2ccccc12. The average Bonchev–Trinajstić information content (AvgIpc) is 2.42. The number of benzene rings is 2. The Morgan fingerprint density at radius 1 is 1.00 bits per heavy atom. The summed E-state index contributed by atoms with van der Waals surface area (Å²) in [5, 5.41) is 1.43. The van der Waals surface area contributed by atoms with Gasteiger partial charge in [0.05, 0.1) is 5.39 Å². The van der Waals surface area contributed by atoms with Gasteiger partial charge in [-0.1, -0.05) is 30.3 Å². The molecule has 19 heavy (non-hydrogen) atoms. The van der Waals surface area contributed by atoms with E-state index in [4.69, 9.17) is 4.42 Å². The van der Waals surface area contributed by atoms with Crippen LogP contribution in [-0.4, -0.2) is 0 Å². The molecular formula is C16H11FO2. The van der Waals surface area contributed by atoms with Crippen LogP contribution in [0.25, 0.3) is 10.8 Å². The molecule has 0 atom stereocenters. The second-order valence-electron chi connectivity index (χ2n) is 4.39. The number of hydrogen-bond acceptors (Lipinski definition) is 2. The fraction of sp³-hybridized carbons (Fsp3) is 0.0625. The van der Waals surface area contributed by atoms with Crippen molar-refractivity contribution in [3.05, 3.63) is 82.2 Å². The summed E-state index contributed by atoms with van der Waals surface area (Å²) >= 11 is 0. The first-order valence-corrected chi connectivity index (χ1v) is 5.98. The van der Waals surface area contributed by atoms with E-state index in [9.17, 15) is 9.18 Å². The maximum absolute atomic E-state index is 12.8. The molecular weight excluding hydrogens is 243 g/mol. The summed E-state index contributed by atoms with van der Waals surface area (Å²) in [6, 6.07) is 15.3. The van der Waals surface area contributed by atoms with Gasteiger partial charge in [-0.15, -0.1) is 0 Å². The molecule has 0 fully saturated rings. The fourth-order valence-corrected chi connectivity index (χ4v) is 2.08. The van der Waals surface area contributed by atoms with E-state index in [0.29, 0.717) is 17.6 Å². The van der Waals surface area contributed by atoms with Gasteiger partial charge in [-0.05, 0) is 35.2 Å². The number of fused-ring (bicyclic) bond motifs is 1. The van der Waals surface area contributed by atoms with Gasteiger partial charge in [0.2, 0.25) is 0 Å². The van der Waals surface area contributed by atoms with E-state index < -0.39 is 0 Å². The Morgan fingerprint density at radius 2 is 1.74 bits per heavy atom. The Morgan fingerprint density at radius 3 is 2.53 bits per heavy atom. The van der Waals surface area contributed by atoms with E-state index in [1.54, 1.807) is 24.3 Å². The van der Waals surface area contributed by atoms with Crippen molar-refractivity contribution in [2.45, 2.75) is 6.42 Å². The van der Waals surface area contributed by atoms with Gasteiger partial charge in [-0.2, -0.15) is 0 Å². The lowest BCUT2D eigenvalue weighted by atomic mass is 10.1. The van der Waals surface area contributed by atoms with E-state index in [-0.39, 0.29) is 11.4 Å². The molecule has 2 aromatic carbocycles. The van der Waals surface area contributed by atoms with Crippen LogP contribution < -0.4 is 5.63 Å². The van der Waals surface area contributed by atoms with E-state index in [0.717, 1.165) is 10.9 Å². The topological polar surface area (TPSA) is 30.2 Å². The van der Waals surface area contributed by atoms with Gasteiger partial charge >= 0.3 is 5.63 Å². The van der Waals surface area contributed by atoms with E-state index in [2.05, 4.69) is 0 Å². The second kappa shape index (κ2) is 4.69. The zero-order valence-electron chi connectivity index (χ0n) is 10.1. The molecule has 0 aliphatic carbocycles. The number of hydrogen-bond donors (Lipinski definition) is 0. The first-order valence-electron chi connectivity index (χ1n) is 5.98. The van der Waals surface area contributed by atoms with Crippen molar-refractivity contribution in [2.75, 3.05) is 0 Å². The maximum Gasteiger partial charge on any atom is 0.343 e. The van der Waals surface area contributed by atoms with Crippen molar-refractivity contribution in [2.24, 2.45) is 0 Å². The zero-order valence-corrected chi connectivity index (χ0v) is 10.1. The van der Waals surface area contributed by atoms with Crippen molar-refractivity contribution < 1.29 is 8.81 Å². The molecule has 1 aromatic heterocycles. The van der Waals surface area contributed by atoms with Crippen LogP contribution in [0, 0.1) is 5.82 Å². The maximum atomic E-state index is 12.8. The highest BCUT2D eigenvalue weighted by atomic mass is 19.1. The highest BCUT2D eigenvalue weighted by molar-refractivity contribution is 5.81. The van der Waals surface area contributed by atoms with Gasteiger partial charge in [-0.25, -0.2) is 9.18 Å². The van der Waals surface area contributed by atoms with Gasteiger partial charge < -0.3 is 4.42 Å². The first-order chi connectivity index (χ1) is 9.22. The summed E-state index contributed by atoms with van der Waals surface area (Å²) in [5.41, 5.74) is 0.565.